The molecule has 1 fully saturated rings. The average Bonchev–Trinajstić information content (AvgIpc) is 2.47. The Morgan fingerprint density at radius 3 is 2.59 bits per heavy atom. The number of non-ortho nitro benzene ring substituents is 1. The highest BCUT2D eigenvalue weighted by Gasteiger charge is 2.30. The van der Waals surface area contributed by atoms with E-state index in [-0.39, 0.29) is 23.4 Å². The molecular formula is C14H21N3O4S. The van der Waals surface area contributed by atoms with Crippen molar-refractivity contribution in [3.63, 3.8) is 0 Å². The molecule has 1 aliphatic heterocycles. The molecule has 0 amide bonds. The fourth-order valence-electron chi connectivity index (χ4n) is 2.67. The summed E-state index contributed by atoms with van der Waals surface area (Å²) in [5.41, 5.74) is 6.39. The standard InChI is InChI=1S/C14H21N3O4S/c1-11(15)13-3-2-8-16(9-13)22(20,21)10-12-4-6-14(7-5-12)17(18)19/h4-7,11,13H,2-3,8-10,15H2,1H3. The zero-order valence-electron chi connectivity index (χ0n) is 12.5. The number of nitrogens with two attached hydrogens (primary N) is 1. The fraction of sp³-hybridized carbons (Fsp3) is 0.571. The Balaban J connectivity index is 2.08. The lowest BCUT2D eigenvalue weighted by molar-refractivity contribution is -0.384. The molecule has 2 atom stereocenters. The number of benzene rings is 1. The van der Waals surface area contributed by atoms with Crippen LogP contribution in [0.4, 0.5) is 5.69 Å². The summed E-state index contributed by atoms with van der Waals surface area (Å²) in [6.07, 6.45) is 1.76. The van der Waals surface area contributed by atoms with Gasteiger partial charge in [-0.05, 0) is 31.2 Å². The van der Waals surface area contributed by atoms with Gasteiger partial charge in [0.25, 0.3) is 5.69 Å². The molecule has 7 nitrogen and oxygen atoms in total. The van der Waals surface area contributed by atoms with E-state index in [0.717, 1.165) is 12.8 Å². The molecule has 1 aromatic rings. The van der Waals surface area contributed by atoms with E-state index < -0.39 is 14.9 Å². The van der Waals surface area contributed by atoms with Gasteiger partial charge in [0.15, 0.2) is 0 Å². The van der Waals surface area contributed by atoms with Crippen molar-refractivity contribution in [1.29, 1.82) is 0 Å². The van der Waals surface area contributed by atoms with E-state index in [1.807, 2.05) is 6.92 Å². The lowest BCUT2D eigenvalue weighted by Gasteiger charge is -2.33. The molecule has 1 saturated heterocycles. The van der Waals surface area contributed by atoms with Crippen LogP contribution in [0.3, 0.4) is 0 Å². The molecule has 1 heterocycles. The van der Waals surface area contributed by atoms with E-state index in [4.69, 9.17) is 5.73 Å². The largest absolute Gasteiger partial charge is 0.328 e. The van der Waals surface area contributed by atoms with Crippen LogP contribution < -0.4 is 5.73 Å². The Bertz CT molecular complexity index is 628. The number of rotatable bonds is 5. The number of sulfonamides is 1. The maximum absolute atomic E-state index is 12.5. The summed E-state index contributed by atoms with van der Waals surface area (Å²) in [6.45, 7) is 2.86. The van der Waals surface area contributed by atoms with Gasteiger partial charge < -0.3 is 5.73 Å². The maximum Gasteiger partial charge on any atom is 0.269 e. The van der Waals surface area contributed by atoms with E-state index in [1.165, 1.54) is 28.6 Å². The van der Waals surface area contributed by atoms with Gasteiger partial charge in [-0.2, -0.15) is 0 Å². The van der Waals surface area contributed by atoms with Crippen LogP contribution in [0.5, 0.6) is 0 Å². The highest BCUT2D eigenvalue weighted by atomic mass is 32.2. The third-order valence-electron chi connectivity index (χ3n) is 4.05. The van der Waals surface area contributed by atoms with Gasteiger partial charge in [0, 0.05) is 31.3 Å². The zero-order valence-corrected chi connectivity index (χ0v) is 13.3. The predicted octanol–water partition coefficient (Wildman–Crippen LogP) is 1.48. The first kappa shape index (κ1) is 16.9. The van der Waals surface area contributed by atoms with Crippen LogP contribution in [0.2, 0.25) is 0 Å². The Hall–Kier alpha value is -1.51. The molecule has 2 unspecified atom stereocenters. The topological polar surface area (TPSA) is 107 Å². The molecular weight excluding hydrogens is 306 g/mol. The molecule has 122 valence electrons. The Morgan fingerprint density at radius 2 is 2.05 bits per heavy atom. The number of nitro groups is 1. The smallest absolute Gasteiger partial charge is 0.269 e. The highest BCUT2D eigenvalue weighted by molar-refractivity contribution is 7.88. The van der Waals surface area contributed by atoms with Crippen molar-refractivity contribution in [2.45, 2.75) is 31.6 Å². The van der Waals surface area contributed by atoms with Crippen LogP contribution in [0.1, 0.15) is 25.3 Å². The summed E-state index contributed by atoms with van der Waals surface area (Å²) in [5, 5.41) is 10.6. The van der Waals surface area contributed by atoms with Crippen LogP contribution in [-0.2, 0) is 15.8 Å². The minimum Gasteiger partial charge on any atom is -0.328 e. The monoisotopic (exact) mass is 327 g/mol. The van der Waals surface area contributed by atoms with Crippen molar-refractivity contribution >= 4 is 15.7 Å². The predicted molar refractivity (Wildman–Crippen MR) is 83.7 cm³/mol. The van der Waals surface area contributed by atoms with Gasteiger partial charge in [0.05, 0.1) is 10.7 Å². The maximum atomic E-state index is 12.5. The summed E-state index contributed by atoms with van der Waals surface area (Å²) in [6, 6.07) is 5.60. The molecule has 0 spiro atoms. The average molecular weight is 327 g/mol. The molecule has 1 aliphatic rings. The van der Waals surface area contributed by atoms with Crippen LogP contribution in [0.15, 0.2) is 24.3 Å². The summed E-state index contributed by atoms with van der Waals surface area (Å²) in [7, 11) is -3.43. The summed E-state index contributed by atoms with van der Waals surface area (Å²) in [4.78, 5) is 10.1. The molecule has 0 saturated carbocycles. The molecule has 2 rings (SSSR count). The van der Waals surface area contributed by atoms with E-state index in [9.17, 15) is 18.5 Å². The second kappa shape index (κ2) is 6.72. The van der Waals surface area contributed by atoms with Crippen LogP contribution >= 0.6 is 0 Å². The second-order valence-corrected chi connectivity index (χ2v) is 7.77. The fourth-order valence-corrected chi connectivity index (χ4v) is 4.29. The van der Waals surface area contributed by atoms with Crippen molar-refractivity contribution < 1.29 is 13.3 Å². The van der Waals surface area contributed by atoms with Crippen molar-refractivity contribution in [2.75, 3.05) is 13.1 Å². The molecule has 0 aliphatic carbocycles. The highest BCUT2D eigenvalue weighted by Crippen LogP contribution is 2.23. The number of nitrogens with zero attached hydrogens (tertiary/aromatic N) is 2. The molecule has 22 heavy (non-hydrogen) atoms. The Morgan fingerprint density at radius 1 is 1.41 bits per heavy atom. The summed E-state index contributed by atoms with van der Waals surface area (Å²) in [5.74, 6) is 0.0387. The molecule has 0 radical (unpaired) electrons. The number of hydrogen-bond acceptors (Lipinski definition) is 5. The van der Waals surface area contributed by atoms with Gasteiger partial charge in [-0.1, -0.05) is 12.1 Å². The van der Waals surface area contributed by atoms with Crippen molar-refractivity contribution in [3.8, 4) is 0 Å². The minimum absolute atomic E-state index is 0.0302. The third kappa shape index (κ3) is 4.02. The molecule has 1 aromatic carbocycles. The van der Waals surface area contributed by atoms with Crippen LogP contribution in [-0.4, -0.2) is 36.8 Å². The quantitative estimate of drug-likeness (QED) is 0.651. The third-order valence-corrected chi connectivity index (χ3v) is 5.87. The molecule has 2 N–H and O–H groups in total. The van der Waals surface area contributed by atoms with Gasteiger partial charge in [0.2, 0.25) is 10.0 Å². The first-order valence-electron chi connectivity index (χ1n) is 7.26. The summed E-state index contributed by atoms with van der Waals surface area (Å²) >= 11 is 0. The number of hydrogen-bond donors (Lipinski definition) is 1. The van der Waals surface area contributed by atoms with Gasteiger partial charge in [-0.15, -0.1) is 0 Å². The summed E-state index contributed by atoms with van der Waals surface area (Å²) < 4.78 is 26.5. The first-order chi connectivity index (χ1) is 10.3. The van der Waals surface area contributed by atoms with Crippen molar-refractivity contribution in [2.24, 2.45) is 11.7 Å². The Kier molecular flexibility index (Phi) is 5.15. The van der Waals surface area contributed by atoms with Crippen LogP contribution in [0, 0.1) is 16.0 Å². The zero-order chi connectivity index (χ0) is 16.3. The van der Waals surface area contributed by atoms with Gasteiger partial charge in [-0.3, -0.25) is 10.1 Å². The van der Waals surface area contributed by atoms with Gasteiger partial charge in [0.1, 0.15) is 0 Å². The van der Waals surface area contributed by atoms with Crippen molar-refractivity contribution in [1.82, 2.24) is 4.31 Å². The van der Waals surface area contributed by atoms with E-state index in [2.05, 4.69) is 0 Å². The Labute approximate surface area is 130 Å². The van der Waals surface area contributed by atoms with Crippen LogP contribution in [0.25, 0.3) is 0 Å². The number of piperidine rings is 1. The van der Waals surface area contributed by atoms with E-state index in [1.54, 1.807) is 0 Å². The lowest BCUT2D eigenvalue weighted by Crippen LogP contribution is -2.45. The van der Waals surface area contributed by atoms with Gasteiger partial charge >= 0.3 is 0 Å². The first-order valence-corrected chi connectivity index (χ1v) is 8.87. The minimum atomic E-state index is -3.43. The van der Waals surface area contributed by atoms with E-state index >= 15 is 0 Å². The second-order valence-electron chi connectivity index (χ2n) is 5.80. The molecule has 0 aromatic heterocycles. The normalized spacial score (nSPS) is 21.5. The number of nitro benzene ring substituents is 1. The lowest BCUT2D eigenvalue weighted by atomic mass is 9.93. The molecule has 0 bridgehead atoms. The van der Waals surface area contributed by atoms with Crippen molar-refractivity contribution in [3.05, 3.63) is 39.9 Å². The van der Waals surface area contributed by atoms with E-state index in [0.29, 0.717) is 18.7 Å². The van der Waals surface area contributed by atoms with Gasteiger partial charge in [-0.25, -0.2) is 12.7 Å². The SMILES string of the molecule is CC(N)C1CCCN(S(=O)(=O)Cc2ccc([N+](=O)[O-])cc2)C1. The molecule has 8 heteroatoms.